The Morgan fingerprint density at radius 3 is 1.30 bits per heavy atom. The van der Waals surface area contributed by atoms with E-state index < -0.39 is 20.8 Å². The van der Waals surface area contributed by atoms with E-state index in [0.29, 0.717) is 0 Å². The van der Waals surface area contributed by atoms with Gasteiger partial charge >= 0.3 is 0 Å². The number of benzene rings is 1. The van der Waals surface area contributed by atoms with Gasteiger partial charge in [-0.05, 0) is 18.6 Å². The lowest BCUT2D eigenvalue weighted by molar-refractivity contribution is 0.276. The van der Waals surface area contributed by atoms with Gasteiger partial charge in [0, 0.05) is 6.42 Å². The summed E-state index contributed by atoms with van der Waals surface area (Å²) < 4.78 is 62.8. The van der Waals surface area contributed by atoms with Gasteiger partial charge in [0.15, 0.2) is 0 Å². The molecule has 0 radical (unpaired) electrons. The fourth-order valence-electron chi connectivity index (χ4n) is 3.87. The number of hydrogen-bond acceptors (Lipinski definition) is 9. The summed E-state index contributed by atoms with van der Waals surface area (Å²) in [5.74, 6) is 0. The average Bonchev–Trinajstić information content (AvgIpc) is 2.89. The normalized spacial score (nSPS) is 12.3. The van der Waals surface area contributed by atoms with Crippen molar-refractivity contribution in [1.29, 1.82) is 0 Å². The summed E-state index contributed by atoms with van der Waals surface area (Å²) in [5.41, 5.74) is 7.80. The molecule has 1 unspecified atom stereocenters. The Morgan fingerprint density at radius 2 is 1.00 bits per heavy atom. The SMILES string of the molecule is CCCCCCCCCCCCCCCCC(N)[N+](C)(C)c1ccccc1.COS(=O)(=O)[O-].COS(=O)(=O)[O-].[NH4+]. The average molecular weight is 616 g/mol. The molecule has 0 heterocycles. The first-order valence-electron chi connectivity index (χ1n) is 13.9. The number of para-hydroxylation sites is 1. The molecule has 0 bridgehead atoms. The first kappa shape index (κ1) is 43.3. The van der Waals surface area contributed by atoms with Gasteiger partial charge in [-0.15, -0.1) is 0 Å². The molecular formula is C27H57N3O8S2. The summed E-state index contributed by atoms with van der Waals surface area (Å²) in [6, 6.07) is 10.7. The van der Waals surface area contributed by atoms with Crippen LogP contribution in [0.4, 0.5) is 5.69 Å². The third kappa shape index (κ3) is 28.4. The predicted molar refractivity (Wildman–Crippen MR) is 162 cm³/mol. The van der Waals surface area contributed by atoms with Crippen molar-refractivity contribution in [1.82, 2.24) is 10.6 Å². The van der Waals surface area contributed by atoms with E-state index in [0.717, 1.165) is 25.1 Å². The van der Waals surface area contributed by atoms with Crippen LogP contribution in [0.5, 0.6) is 0 Å². The van der Waals surface area contributed by atoms with Gasteiger partial charge in [-0.1, -0.05) is 109 Å². The Morgan fingerprint density at radius 1 is 0.700 bits per heavy atom. The van der Waals surface area contributed by atoms with Gasteiger partial charge in [-0.2, -0.15) is 0 Å². The van der Waals surface area contributed by atoms with Crippen molar-refractivity contribution in [2.45, 2.75) is 109 Å². The molecule has 1 aromatic carbocycles. The second kappa shape index (κ2) is 25.5. The topological polar surface area (TPSA) is 195 Å². The first-order valence-corrected chi connectivity index (χ1v) is 16.6. The molecule has 1 rings (SSSR count). The fourth-order valence-corrected chi connectivity index (χ4v) is 3.87. The molecule has 0 saturated carbocycles. The van der Waals surface area contributed by atoms with Crippen LogP contribution in [0.2, 0.25) is 0 Å². The molecule has 11 nitrogen and oxygen atoms in total. The largest absolute Gasteiger partial charge is 0.726 e. The molecule has 0 aromatic heterocycles. The van der Waals surface area contributed by atoms with Crippen molar-refractivity contribution in [3.8, 4) is 0 Å². The highest BCUT2D eigenvalue weighted by atomic mass is 32.3. The van der Waals surface area contributed by atoms with Crippen LogP contribution < -0.4 is 16.4 Å². The Labute approximate surface area is 244 Å². The predicted octanol–water partition coefficient (Wildman–Crippen LogP) is 5.97. The highest BCUT2D eigenvalue weighted by molar-refractivity contribution is 7.81. The third-order valence-corrected chi connectivity index (χ3v) is 7.33. The number of rotatable bonds is 19. The Bertz CT molecular complexity index is 868. The van der Waals surface area contributed by atoms with Crippen molar-refractivity contribution in [3.63, 3.8) is 0 Å². The molecular weight excluding hydrogens is 558 g/mol. The summed E-state index contributed by atoms with van der Waals surface area (Å²) in [5, 5.41) is 0. The van der Waals surface area contributed by atoms with Crippen LogP contribution in [-0.4, -0.2) is 60.4 Å². The molecule has 0 fully saturated rings. The molecule has 0 aliphatic heterocycles. The number of hydrogen-bond donors (Lipinski definition) is 2. The molecule has 1 atom stereocenters. The van der Waals surface area contributed by atoms with E-state index in [1.165, 1.54) is 95.6 Å². The molecule has 0 saturated heterocycles. The zero-order chi connectivity index (χ0) is 30.2. The van der Waals surface area contributed by atoms with Crippen LogP contribution in [0, 0.1) is 0 Å². The van der Waals surface area contributed by atoms with Crippen molar-refractivity contribution in [2.24, 2.45) is 5.73 Å². The van der Waals surface area contributed by atoms with E-state index in [-0.39, 0.29) is 12.3 Å². The molecule has 0 aliphatic carbocycles. The lowest BCUT2D eigenvalue weighted by atomic mass is 10.0. The number of nitrogens with two attached hydrogens (primary N) is 1. The molecule has 40 heavy (non-hydrogen) atoms. The smallest absolute Gasteiger partial charge is 0.217 e. The Balaban J connectivity index is -0.000000877. The number of quaternary nitrogens is 2. The molecule has 1 aromatic rings. The van der Waals surface area contributed by atoms with E-state index in [1.54, 1.807) is 0 Å². The second-order valence-electron chi connectivity index (χ2n) is 9.98. The van der Waals surface area contributed by atoms with E-state index in [4.69, 9.17) is 5.73 Å². The van der Waals surface area contributed by atoms with Crippen LogP contribution in [0.3, 0.4) is 0 Å². The molecule has 240 valence electrons. The Kier molecular flexibility index (Phi) is 27.6. The molecule has 6 N–H and O–H groups in total. The summed E-state index contributed by atoms with van der Waals surface area (Å²) in [6.07, 6.45) is 21.0. The highest BCUT2D eigenvalue weighted by Crippen LogP contribution is 2.22. The monoisotopic (exact) mass is 615 g/mol. The van der Waals surface area contributed by atoms with E-state index >= 15 is 0 Å². The van der Waals surface area contributed by atoms with Crippen LogP contribution in [0.15, 0.2) is 30.3 Å². The minimum Gasteiger partial charge on any atom is -0.726 e. The standard InChI is InChI=1S/C25H47N2.2CH4O4S.H3N/c1-4-5-6-7-8-9-10-11-12-13-14-15-16-20-23-25(26)27(2,3)24-21-18-17-19-22-24;2*1-5-6(2,3)4;/h17-19,21-22,25H,4-16,20,23,26H2,1-3H3;2*1H3,(H,2,3,4);1H3/q+1;;;/p-1. The van der Waals surface area contributed by atoms with Crippen LogP contribution >= 0.6 is 0 Å². The van der Waals surface area contributed by atoms with Gasteiger partial charge in [0.2, 0.25) is 20.8 Å². The molecule has 0 spiro atoms. The summed E-state index contributed by atoms with van der Waals surface area (Å²) >= 11 is 0. The lowest BCUT2D eigenvalue weighted by Gasteiger charge is -2.35. The van der Waals surface area contributed by atoms with Gasteiger partial charge in [0.05, 0.1) is 28.3 Å². The summed E-state index contributed by atoms with van der Waals surface area (Å²) in [7, 11) is -2.76. The molecule has 0 amide bonds. The fraction of sp³-hybridized carbons (Fsp3) is 0.778. The van der Waals surface area contributed by atoms with Crippen LogP contribution in [-0.2, 0) is 29.2 Å². The summed E-state index contributed by atoms with van der Waals surface area (Å²) in [6.45, 7) is 2.29. The molecule has 0 aliphatic rings. The first-order chi connectivity index (χ1) is 18.2. The van der Waals surface area contributed by atoms with Crippen LogP contribution in [0.1, 0.15) is 103 Å². The van der Waals surface area contributed by atoms with Gasteiger partial charge in [0.25, 0.3) is 0 Å². The number of nitrogens with zero attached hydrogens (tertiary/aromatic N) is 1. The summed E-state index contributed by atoms with van der Waals surface area (Å²) in [4.78, 5) is 0. The van der Waals surface area contributed by atoms with Crippen LogP contribution in [0.25, 0.3) is 0 Å². The van der Waals surface area contributed by atoms with Gasteiger partial charge in [-0.3, -0.25) is 18.6 Å². The maximum atomic E-state index is 9.22. The quantitative estimate of drug-likeness (QED) is 0.0619. The zero-order valence-corrected chi connectivity index (χ0v) is 27.3. The second-order valence-corrected chi connectivity index (χ2v) is 12.3. The minimum absolute atomic E-state index is 0. The van der Waals surface area contributed by atoms with Gasteiger partial charge in [-0.25, -0.2) is 16.8 Å². The number of unbranched alkanes of at least 4 members (excludes halogenated alkanes) is 13. The van der Waals surface area contributed by atoms with Gasteiger partial charge < -0.3 is 15.3 Å². The van der Waals surface area contributed by atoms with Crippen molar-refractivity contribution < 1.29 is 34.3 Å². The van der Waals surface area contributed by atoms with E-state index in [2.05, 4.69) is 59.7 Å². The van der Waals surface area contributed by atoms with E-state index in [1.807, 2.05) is 0 Å². The lowest BCUT2D eigenvalue weighted by Crippen LogP contribution is -2.55. The molecule has 13 heteroatoms. The van der Waals surface area contributed by atoms with E-state index in [9.17, 15) is 25.9 Å². The maximum absolute atomic E-state index is 9.22. The Hall–Kier alpha value is -1.16. The van der Waals surface area contributed by atoms with Gasteiger partial charge in [0.1, 0.15) is 11.9 Å². The van der Waals surface area contributed by atoms with Crippen molar-refractivity contribution in [3.05, 3.63) is 30.3 Å². The van der Waals surface area contributed by atoms with Crippen molar-refractivity contribution in [2.75, 3.05) is 28.3 Å². The third-order valence-electron chi connectivity index (χ3n) is 6.51. The maximum Gasteiger partial charge on any atom is 0.217 e. The van der Waals surface area contributed by atoms with Crippen molar-refractivity contribution >= 4 is 26.5 Å². The highest BCUT2D eigenvalue weighted by Gasteiger charge is 2.26. The zero-order valence-electron chi connectivity index (χ0n) is 25.7. The minimum atomic E-state index is -4.41.